The fraction of sp³-hybridized carbons (Fsp3) is 0.500. The number of nitrogens with one attached hydrogen (secondary N) is 1. The summed E-state index contributed by atoms with van der Waals surface area (Å²) >= 11 is 1.67. The van der Waals surface area contributed by atoms with Crippen LogP contribution in [-0.2, 0) is 16.1 Å². The second kappa shape index (κ2) is 6.54. The van der Waals surface area contributed by atoms with Crippen LogP contribution in [0, 0.1) is 18.8 Å². The Balaban J connectivity index is 1.38. The monoisotopic (exact) mass is 345 g/mol. The third kappa shape index (κ3) is 3.17. The molecule has 126 valence electrons. The summed E-state index contributed by atoms with van der Waals surface area (Å²) in [6.07, 6.45) is 4.83. The molecule has 4 rings (SSSR count). The van der Waals surface area contributed by atoms with Crippen molar-refractivity contribution in [3.8, 4) is 0 Å². The number of hydrogen-bond acceptors (Lipinski definition) is 7. The van der Waals surface area contributed by atoms with Gasteiger partial charge in [-0.15, -0.1) is 11.3 Å². The van der Waals surface area contributed by atoms with Crippen molar-refractivity contribution in [1.82, 2.24) is 19.9 Å². The van der Waals surface area contributed by atoms with E-state index in [0.29, 0.717) is 12.4 Å². The largest absolute Gasteiger partial charge is 0.376 e. The van der Waals surface area contributed by atoms with Crippen LogP contribution in [0.2, 0.25) is 0 Å². The van der Waals surface area contributed by atoms with E-state index in [1.165, 1.54) is 0 Å². The van der Waals surface area contributed by atoms with E-state index in [0.717, 1.165) is 30.3 Å². The van der Waals surface area contributed by atoms with Crippen LogP contribution < -0.4 is 5.32 Å². The molecule has 7 nitrogen and oxygen atoms in total. The number of hydrogen-bond donors (Lipinski definition) is 1. The second-order valence-corrected chi connectivity index (χ2v) is 7.34. The Bertz CT molecular complexity index is 722. The van der Waals surface area contributed by atoms with Crippen molar-refractivity contribution in [2.45, 2.75) is 19.6 Å². The minimum atomic E-state index is -0.140. The summed E-state index contributed by atoms with van der Waals surface area (Å²) in [5.41, 5.74) is 1.10. The van der Waals surface area contributed by atoms with Crippen LogP contribution in [0.25, 0.3) is 0 Å². The third-order valence-electron chi connectivity index (χ3n) is 4.59. The van der Waals surface area contributed by atoms with Crippen LogP contribution in [-0.4, -0.2) is 51.6 Å². The SMILES string of the molecule is Cc1nc(CN2C[C@@H]3[C@@H](C(=O)Nc4cnccn4)CO[C@@H]3C2)cs1. The van der Waals surface area contributed by atoms with E-state index in [-0.39, 0.29) is 23.8 Å². The van der Waals surface area contributed by atoms with Gasteiger partial charge in [-0.1, -0.05) is 0 Å². The number of thiazole rings is 1. The number of carbonyl (C=O) groups excluding carboxylic acids is 1. The molecule has 24 heavy (non-hydrogen) atoms. The van der Waals surface area contributed by atoms with Crippen LogP contribution in [0.5, 0.6) is 0 Å². The maximum absolute atomic E-state index is 12.5. The normalized spacial score (nSPS) is 26.5. The highest BCUT2D eigenvalue weighted by Crippen LogP contribution is 2.35. The zero-order chi connectivity index (χ0) is 16.5. The van der Waals surface area contributed by atoms with E-state index in [1.807, 2.05) is 6.92 Å². The second-order valence-electron chi connectivity index (χ2n) is 6.27. The quantitative estimate of drug-likeness (QED) is 0.900. The van der Waals surface area contributed by atoms with Crippen LogP contribution in [0.3, 0.4) is 0 Å². The lowest BCUT2D eigenvalue weighted by Crippen LogP contribution is -2.32. The molecule has 2 saturated heterocycles. The molecular weight excluding hydrogens is 326 g/mol. The first-order valence-electron chi connectivity index (χ1n) is 8.01. The topological polar surface area (TPSA) is 80.2 Å². The Kier molecular flexibility index (Phi) is 4.26. The van der Waals surface area contributed by atoms with E-state index in [9.17, 15) is 4.79 Å². The predicted molar refractivity (Wildman–Crippen MR) is 89.5 cm³/mol. The molecule has 0 bridgehead atoms. The van der Waals surface area contributed by atoms with E-state index >= 15 is 0 Å². The molecule has 3 atom stereocenters. The fourth-order valence-electron chi connectivity index (χ4n) is 3.49. The molecule has 2 aliphatic rings. The minimum absolute atomic E-state index is 0.0330. The summed E-state index contributed by atoms with van der Waals surface area (Å²) in [7, 11) is 0. The summed E-state index contributed by atoms with van der Waals surface area (Å²) in [5.74, 6) is 0.536. The van der Waals surface area contributed by atoms with Gasteiger partial charge < -0.3 is 10.1 Å². The first kappa shape index (κ1) is 15.6. The summed E-state index contributed by atoms with van der Waals surface area (Å²) in [4.78, 5) is 27.4. The number of amides is 1. The standard InChI is InChI=1S/C16H19N5O2S/c1-10-19-11(9-24-10)5-21-6-12-13(8-23-14(12)7-21)16(22)20-15-4-17-2-3-18-15/h2-4,9,12-14H,5-8H2,1H3,(H,18,20,22)/t12-,13+,14-/m1/s1. The number of ether oxygens (including phenoxy) is 1. The number of aryl methyl sites for hydroxylation is 1. The average molecular weight is 345 g/mol. The molecule has 0 spiro atoms. The van der Waals surface area contributed by atoms with Crippen molar-refractivity contribution in [3.05, 3.63) is 34.7 Å². The number of nitrogens with zero attached hydrogens (tertiary/aromatic N) is 4. The van der Waals surface area contributed by atoms with Crippen molar-refractivity contribution >= 4 is 23.1 Å². The molecule has 8 heteroatoms. The van der Waals surface area contributed by atoms with E-state index in [4.69, 9.17) is 4.74 Å². The summed E-state index contributed by atoms with van der Waals surface area (Å²) in [5, 5.41) is 6.03. The van der Waals surface area contributed by atoms with Crippen LogP contribution in [0.4, 0.5) is 5.82 Å². The summed E-state index contributed by atoms with van der Waals surface area (Å²) in [6, 6.07) is 0. The zero-order valence-electron chi connectivity index (χ0n) is 13.4. The maximum atomic E-state index is 12.5. The molecule has 4 heterocycles. The molecule has 0 aliphatic carbocycles. The Morgan fingerprint density at radius 2 is 2.38 bits per heavy atom. The Morgan fingerprint density at radius 1 is 1.46 bits per heavy atom. The van der Waals surface area contributed by atoms with Gasteiger partial charge in [0.05, 0.1) is 35.5 Å². The van der Waals surface area contributed by atoms with Gasteiger partial charge in [-0.2, -0.15) is 0 Å². The molecule has 2 aromatic rings. The summed E-state index contributed by atoms with van der Waals surface area (Å²) < 4.78 is 5.87. The first-order chi connectivity index (χ1) is 11.7. The Labute approximate surface area is 144 Å². The highest BCUT2D eigenvalue weighted by molar-refractivity contribution is 7.09. The fourth-order valence-corrected chi connectivity index (χ4v) is 4.09. The number of fused-ring (bicyclic) bond motifs is 1. The molecule has 0 radical (unpaired) electrons. The van der Waals surface area contributed by atoms with E-state index in [2.05, 4.69) is 30.5 Å². The van der Waals surface area contributed by atoms with Gasteiger partial charge in [0.2, 0.25) is 5.91 Å². The molecule has 0 unspecified atom stereocenters. The first-order valence-corrected chi connectivity index (χ1v) is 8.89. The zero-order valence-corrected chi connectivity index (χ0v) is 14.2. The van der Waals surface area contributed by atoms with Gasteiger partial charge in [-0.3, -0.25) is 14.7 Å². The van der Waals surface area contributed by atoms with Crippen molar-refractivity contribution in [1.29, 1.82) is 0 Å². The Hall–Kier alpha value is -1.90. The number of aromatic nitrogens is 3. The molecule has 0 aromatic carbocycles. The van der Waals surface area contributed by atoms with Gasteiger partial charge in [0, 0.05) is 43.3 Å². The van der Waals surface area contributed by atoms with Gasteiger partial charge in [0.15, 0.2) is 5.82 Å². The van der Waals surface area contributed by atoms with Crippen LogP contribution in [0.15, 0.2) is 24.0 Å². The molecule has 0 saturated carbocycles. The molecular formula is C16H19N5O2S. The van der Waals surface area contributed by atoms with E-state index in [1.54, 1.807) is 29.9 Å². The third-order valence-corrected chi connectivity index (χ3v) is 5.42. The lowest BCUT2D eigenvalue weighted by molar-refractivity contribution is -0.120. The van der Waals surface area contributed by atoms with Gasteiger partial charge in [-0.05, 0) is 6.92 Å². The molecule has 2 fully saturated rings. The highest BCUT2D eigenvalue weighted by atomic mass is 32.1. The maximum Gasteiger partial charge on any atom is 0.231 e. The van der Waals surface area contributed by atoms with E-state index < -0.39 is 0 Å². The number of anilines is 1. The Morgan fingerprint density at radius 3 is 3.12 bits per heavy atom. The van der Waals surface area contributed by atoms with Gasteiger partial charge >= 0.3 is 0 Å². The number of carbonyl (C=O) groups is 1. The van der Waals surface area contributed by atoms with Crippen molar-refractivity contribution < 1.29 is 9.53 Å². The minimum Gasteiger partial charge on any atom is -0.376 e. The lowest BCUT2D eigenvalue weighted by Gasteiger charge is -2.18. The molecule has 1 N–H and O–H groups in total. The molecule has 2 aromatic heterocycles. The number of rotatable bonds is 4. The van der Waals surface area contributed by atoms with Crippen LogP contribution in [0.1, 0.15) is 10.7 Å². The average Bonchev–Trinajstić information content (AvgIpc) is 3.24. The van der Waals surface area contributed by atoms with Crippen molar-refractivity contribution in [2.24, 2.45) is 11.8 Å². The van der Waals surface area contributed by atoms with Crippen molar-refractivity contribution in [3.63, 3.8) is 0 Å². The molecule has 2 aliphatic heterocycles. The lowest BCUT2D eigenvalue weighted by atomic mass is 9.92. The van der Waals surface area contributed by atoms with Gasteiger partial charge in [0.1, 0.15) is 0 Å². The predicted octanol–water partition coefficient (Wildman–Crippen LogP) is 1.33. The number of likely N-dealkylation sites (tertiary alicyclic amines) is 1. The smallest absolute Gasteiger partial charge is 0.231 e. The van der Waals surface area contributed by atoms with Crippen molar-refractivity contribution in [2.75, 3.05) is 25.0 Å². The van der Waals surface area contributed by atoms with Gasteiger partial charge in [0.25, 0.3) is 0 Å². The summed E-state index contributed by atoms with van der Waals surface area (Å²) in [6.45, 7) is 5.03. The van der Waals surface area contributed by atoms with Gasteiger partial charge in [-0.25, -0.2) is 9.97 Å². The van der Waals surface area contributed by atoms with Crippen LogP contribution >= 0.6 is 11.3 Å². The molecule has 1 amide bonds. The highest BCUT2D eigenvalue weighted by Gasteiger charge is 2.46.